The van der Waals surface area contributed by atoms with Crippen molar-refractivity contribution in [2.75, 3.05) is 6.54 Å². The number of carboxylic acids is 1. The standard InChI is InChI=1S/C18H16N2O3/c21-17(15-6-2-4-13-8-10-19-16(13)15)20-9-7-12-3-1-5-14(11-12)18(22)23/h1-6,8,10-11,19H,7,9H2,(H,20,21)(H,22,23). The molecular weight excluding hydrogens is 292 g/mol. The summed E-state index contributed by atoms with van der Waals surface area (Å²) >= 11 is 0. The summed E-state index contributed by atoms with van der Waals surface area (Å²) in [5.41, 5.74) is 2.55. The molecule has 116 valence electrons. The average molecular weight is 308 g/mol. The van der Waals surface area contributed by atoms with Crippen molar-refractivity contribution in [2.24, 2.45) is 0 Å². The van der Waals surface area contributed by atoms with Crippen molar-refractivity contribution in [2.45, 2.75) is 6.42 Å². The van der Waals surface area contributed by atoms with Gasteiger partial charge in [-0.1, -0.05) is 24.3 Å². The molecule has 1 aromatic heterocycles. The Hall–Kier alpha value is -3.08. The van der Waals surface area contributed by atoms with E-state index in [1.807, 2.05) is 24.3 Å². The van der Waals surface area contributed by atoms with Gasteiger partial charge in [0.15, 0.2) is 0 Å². The number of para-hydroxylation sites is 1. The minimum absolute atomic E-state index is 0.146. The summed E-state index contributed by atoms with van der Waals surface area (Å²) in [7, 11) is 0. The van der Waals surface area contributed by atoms with Crippen LogP contribution < -0.4 is 5.32 Å². The van der Waals surface area contributed by atoms with Gasteiger partial charge in [0.25, 0.3) is 5.91 Å². The van der Waals surface area contributed by atoms with E-state index < -0.39 is 5.97 Å². The molecule has 3 rings (SSSR count). The molecule has 0 saturated heterocycles. The number of aromatic carboxylic acids is 1. The minimum atomic E-state index is -0.950. The van der Waals surface area contributed by atoms with Crippen molar-refractivity contribution >= 4 is 22.8 Å². The maximum atomic E-state index is 12.3. The summed E-state index contributed by atoms with van der Waals surface area (Å²) in [6.07, 6.45) is 2.38. The topological polar surface area (TPSA) is 82.2 Å². The largest absolute Gasteiger partial charge is 0.478 e. The lowest BCUT2D eigenvalue weighted by molar-refractivity contribution is 0.0696. The molecule has 5 heteroatoms. The molecule has 5 nitrogen and oxygen atoms in total. The zero-order valence-corrected chi connectivity index (χ0v) is 12.4. The summed E-state index contributed by atoms with van der Waals surface area (Å²) in [4.78, 5) is 26.3. The number of carbonyl (C=O) groups is 2. The Morgan fingerprint density at radius 2 is 1.91 bits per heavy atom. The second kappa shape index (κ2) is 6.36. The normalized spacial score (nSPS) is 10.6. The summed E-state index contributed by atoms with van der Waals surface area (Å²) in [5, 5.41) is 12.8. The van der Waals surface area contributed by atoms with Gasteiger partial charge in [0, 0.05) is 18.1 Å². The van der Waals surface area contributed by atoms with E-state index in [2.05, 4.69) is 10.3 Å². The van der Waals surface area contributed by atoms with E-state index >= 15 is 0 Å². The van der Waals surface area contributed by atoms with Crippen molar-refractivity contribution in [1.29, 1.82) is 0 Å². The number of carbonyl (C=O) groups excluding carboxylic acids is 1. The highest BCUT2D eigenvalue weighted by Gasteiger charge is 2.10. The molecule has 3 aromatic rings. The van der Waals surface area contributed by atoms with Gasteiger partial charge in [0.1, 0.15) is 0 Å². The van der Waals surface area contributed by atoms with Gasteiger partial charge in [-0.2, -0.15) is 0 Å². The van der Waals surface area contributed by atoms with Crippen molar-refractivity contribution in [3.05, 3.63) is 71.4 Å². The van der Waals surface area contributed by atoms with Gasteiger partial charge >= 0.3 is 5.97 Å². The molecular formula is C18H16N2O3. The van der Waals surface area contributed by atoms with E-state index in [1.165, 1.54) is 0 Å². The van der Waals surface area contributed by atoms with E-state index in [9.17, 15) is 9.59 Å². The van der Waals surface area contributed by atoms with E-state index in [4.69, 9.17) is 5.11 Å². The fourth-order valence-corrected chi connectivity index (χ4v) is 2.55. The summed E-state index contributed by atoms with van der Waals surface area (Å²) in [6, 6.07) is 14.2. The maximum Gasteiger partial charge on any atom is 0.335 e. The third kappa shape index (κ3) is 3.23. The van der Waals surface area contributed by atoms with Gasteiger partial charge in [0.05, 0.1) is 16.6 Å². The molecule has 0 saturated carbocycles. The first kappa shape index (κ1) is 14.8. The van der Waals surface area contributed by atoms with Gasteiger partial charge in [-0.3, -0.25) is 4.79 Å². The molecule has 2 aromatic carbocycles. The van der Waals surface area contributed by atoms with Crippen LogP contribution in [0.25, 0.3) is 10.9 Å². The first-order valence-corrected chi connectivity index (χ1v) is 7.32. The number of hydrogen-bond acceptors (Lipinski definition) is 2. The van der Waals surface area contributed by atoms with Crippen LogP contribution >= 0.6 is 0 Å². The summed E-state index contributed by atoms with van der Waals surface area (Å²) in [6.45, 7) is 0.443. The molecule has 0 atom stereocenters. The summed E-state index contributed by atoms with van der Waals surface area (Å²) < 4.78 is 0. The van der Waals surface area contributed by atoms with Gasteiger partial charge in [-0.25, -0.2) is 4.79 Å². The van der Waals surface area contributed by atoms with Gasteiger partial charge in [0.2, 0.25) is 0 Å². The van der Waals surface area contributed by atoms with Crippen LogP contribution in [-0.2, 0) is 6.42 Å². The number of aromatic amines is 1. The Balaban J connectivity index is 1.65. The van der Waals surface area contributed by atoms with Crippen LogP contribution in [0.5, 0.6) is 0 Å². The quantitative estimate of drug-likeness (QED) is 0.678. The van der Waals surface area contributed by atoms with E-state index in [0.717, 1.165) is 16.5 Å². The third-order valence-corrected chi connectivity index (χ3v) is 3.71. The predicted octanol–water partition coefficient (Wildman–Crippen LogP) is 2.84. The van der Waals surface area contributed by atoms with Crippen LogP contribution in [0.4, 0.5) is 0 Å². The lowest BCUT2D eigenvalue weighted by Crippen LogP contribution is -2.26. The first-order chi connectivity index (χ1) is 11.1. The Bertz CT molecular complexity index is 867. The highest BCUT2D eigenvalue weighted by Crippen LogP contribution is 2.16. The second-order valence-electron chi connectivity index (χ2n) is 5.26. The Morgan fingerprint density at radius 3 is 2.74 bits per heavy atom. The number of nitrogens with one attached hydrogen (secondary N) is 2. The van der Waals surface area contributed by atoms with Crippen molar-refractivity contribution in [3.63, 3.8) is 0 Å². The molecule has 0 unspecified atom stereocenters. The number of H-pyrrole nitrogens is 1. The molecule has 1 amide bonds. The number of benzene rings is 2. The van der Waals surface area contributed by atoms with Crippen LogP contribution in [0.1, 0.15) is 26.3 Å². The smallest absolute Gasteiger partial charge is 0.335 e. The summed E-state index contributed by atoms with van der Waals surface area (Å²) in [5.74, 6) is -1.10. The molecule has 0 aliphatic heterocycles. The number of amides is 1. The first-order valence-electron chi connectivity index (χ1n) is 7.32. The molecule has 0 spiro atoms. The van der Waals surface area contributed by atoms with Crippen molar-refractivity contribution in [3.8, 4) is 0 Å². The lowest BCUT2D eigenvalue weighted by atomic mass is 10.1. The molecule has 3 N–H and O–H groups in total. The second-order valence-corrected chi connectivity index (χ2v) is 5.26. The molecule has 0 bridgehead atoms. The maximum absolute atomic E-state index is 12.3. The fraction of sp³-hybridized carbons (Fsp3) is 0.111. The highest BCUT2D eigenvalue weighted by atomic mass is 16.4. The van der Waals surface area contributed by atoms with Crippen LogP contribution in [0, 0.1) is 0 Å². The zero-order valence-electron chi connectivity index (χ0n) is 12.4. The molecule has 23 heavy (non-hydrogen) atoms. The van der Waals surface area contributed by atoms with Crippen LogP contribution in [0.2, 0.25) is 0 Å². The minimum Gasteiger partial charge on any atom is -0.478 e. The number of carboxylic acid groups (broad SMARTS) is 1. The highest BCUT2D eigenvalue weighted by molar-refractivity contribution is 6.05. The lowest BCUT2D eigenvalue weighted by Gasteiger charge is -2.07. The SMILES string of the molecule is O=C(O)c1cccc(CCNC(=O)c2cccc3cc[nH]c23)c1. The molecule has 1 heterocycles. The predicted molar refractivity (Wildman–Crippen MR) is 87.7 cm³/mol. The zero-order chi connectivity index (χ0) is 16.2. The van der Waals surface area contributed by atoms with Crippen LogP contribution in [-0.4, -0.2) is 28.5 Å². The fourth-order valence-electron chi connectivity index (χ4n) is 2.55. The van der Waals surface area contributed by atoms with Crippen molar-refractivity contribution < 1.29 is 14.7 Å². The van der Waals surface area contributed by atoms with Gasteiger partial charge < -0.3 is 15.4 Å². The molecule has 0 fully saturated rings. The van der Waals surface area contributed by atoms with Crippen LogP contribution in [0.15, 0.2) is 54.7 Å². The van der Waals surface area contributed by atoms with Crippen LogP contribution in [0.3, 0.4) is 0 Å². The number of hydrogen-bond donors (Lipinski definition) is 3. The Labute approximate surface area is 133 Å². The Morgan fingerprint density at radius 1 is 1.09 bits per heavy atom. The van der Waals surface area contributed by atoms with E-state index in [-0.39, 0.29) is 11.5 Å². The molecule has 0 aliphatic rings. The number of fused-ring (bicyclic) bond motifs is 1. The molecule has 0 aliphatic carbocycles. The van der Waals surface area contributed by atoms with E-state index in [1.54, 1.807) is 30.5 Å². The number of aromatic nitrogens is 1. The van der Waals surface area contributed by atoms with Crippen molar-refractivity contribution in [1.82, 2.24) is 10.3 Å². The van der Waals surface area contributed by atoms with Gasteiger partial charge in [-0.15, -0.1) is 0 Å². The average Bonchev–Trinajstić information content (AvgIpc) is 3.03. The Kier molecular flexibility index (Phi) is 4.10. The third-order valence-electron chi connectivity index (χ3n) is 3.71. The van der Waals surface area contributed by atoms with E-state index in [0.29, 0.717) is 18.5 Å². The molecule has 0 radical (unpaired) electrons. The number of rotatable bonds is 5. The monoisotopic (exact) mass is 308 g/mol. The van der Waals surface area contributed by atoms with Gasteiger partial charge in [-0.05, 0) is 36.2 Å².